The number of aryl methyl sites for hydroxylation is 1. The summed E-state index contributed by atoms with van der Waals surface area (Å²) in [4.78, 5) is 0. The summed E-state index contributed by atoms with van der Waals surface area (Å²) in [6, 6.07) is 5.49. The Morgan fingerprint density at radius 2 is 1.95 bits per heavy atom. The van der Waals surface area contributed by atoms with Gasteiger partial charge in [0.2, 0.25) is 0 Å². The van der Waals surface area contributed by atoms with Gasteiger partial charge in [-0.15, -0.1) is 0 Å². The van der Waals surface area contributed by atoms with Gasteiger partial charge in [-0.2, -0.15) is 0 Å². The first-order chi connectivity index (χ1) is 8.97. The molecule has 0 aliphatic carbocycles. The predicted molar refractivity (Wildman–Crippen MR) is 76.7 cm³/mol. The normalized spacial score (nSPS) is 14.3. The highest BCUT2D eigenvalue weighted by Gasteiger charge is 2.21. The Balaban J connectivity index is 2.80. The molecule has 1 rings (SSSR count). The van der Waals surface area contributed by atoms with Gasteiger partial charge in [-0.05, 0) is 37.0 Å². The molecule has 0 aliphatic heterocycles. The summed E-state index contributed by atoms with van der Waals surface area (Å²) < 4.78 is 11.1. The number of methoxy groups -OCH3 is 1. The maximum absolute atomic E-state index is 9.44. The predicted octanol–water partition coefficient (Wildman–Crippen LogP) is 2.12. The van der Waals surface area contributed by atoms with Gasteiger partial charge in [0, 0.05) is 6.04 Å². The number of nitrogens with two attached hydrogens (primary N) is 1. The SMILES string of the molecule is COc1cc(C)ccc1OC(CO)C(N)CC(C)C. The van der Waals surface area contributed by atoms with Gasteiger partial charge in [-0.3, -0.25) is 0 Å². The number of hydrogen-bond donors (Lipinski definition) is 2. The number of hydrogen-bond acceptors (Lipinski definition) is 4. The highest BCUT2D eigenvalue weighted by molar-refractivity contribution is 5.42. The molecule has 2 atom stereocenters. The Kier molecular flexibility index (Phi) is 6.12. The lowest BCUT2D eigenvalue weighted by atomic mass is 10.0. The van der Waals surface area contributed by atoms with Gasteiger partial charge in [-0.25, -0.2) is 0 Å². The zero-order valence-electron chi connectivity index (χ0n) is 12.2. The fourth-order valence-electron chi connectivity index (χ4n) is 1.99. The number of benzene rings is 1. The molecule has 0 heterocycles. The highest BCUT2D eigenvalue weighted by atomic mass is 16.5. The lowest BCUT2D eigenvalue weighted by molar-refractivity contribution is 0.0855. The van der Waals surface area contributed by atoms with Gasteiger partial charge in [-0.1, -0.05) is 19.9 Å². The molecule has 2 unspecified atom stereocenters. The van der Waals surface area contributed by atoms with Crippen molar-refractivity contribution < 1.29 is 14.6 Å². The molecule has 0 aliphatic rings. The van der Waals surface area contributed by atoms with Gasteiger partial charge >= 0.3 is 0 Å². The lowest BCUT2D eigenvalue weighted by Gasteiger charge is -2.25. The van der Waals surface area contributed by atoms with E-state index in [9.17, 15) is 5.11 Å². The molecule has 0 bridgehead atoms. The minimum Gasteiger partial charge on any atom is -0.493 e. The van der Waals surface area contributed by atoms with Crippen LogP contribution in [0.3, 0.4) is 0 Å². The highest BCUT2D eigenvalue weighted by Crippen LogP contribution is 2.29. The molecule has 0 spiro atoms. The van der Waals surface area contributed by atoms with Gasteiger partial charge in [0.1, 0.15) is 6.10 Å². The van der Waals surface area contributed by atoms with Crippen molar-refractivity contribution in [3.8, 4) is 11.5 Å². The van der Waals surface area contributed by atoms with E-state index in [1.165, 1.54) is 0 Å². The molecule has 4 heteroatoms. The first-order valence-electron chi connectivity index (χ1n) is 6.65. The molecule has 1 aromatic carbocycles. The van der Waals surface area contributed by atoms with E-state index >= 15 is 0 Å². The van der Waals surface area contributed by atoms with E-state index in [1.54, 1.807) is 7.11 Å². The van der Waals surface area contributed by atoms with Gasteiger partial charge in [0.15, 0.2) is 11.5 Å². The van der Waals surface area contributed by atoms with Gasteiger partial charge in [0.05, 0.1) is 13.7 Å². The van der Waals surface area contributed by atoms with Crippen molar-refractivity contribution in [2.45, 2.75) is 39.3 Å². The van der Waals surface area contributed by atoms with Crippen molar-refractivity contribution in [1.82, 2.24) is 0 Å². The summed E-state index contributed by atoms with van der Waals surface area (Å²) in [6.07, 6.45) is 0.387. The Morgan fingerprint density at radius 1 is 1.26 bits per heavy atom. The van der Waals surface area contributed by atoms with Crippen LogP contribution in [0.5, 0.6) is 11.5 Å². The minimum atomic E-state index is -0.418. The number of rotatable bonds is 7. The zero-order valence-corrected chi connectivity index (χ0v) is 12.2. The molecule has 108 valence electrons. The summed E-state index contributed by atoms with van der Waals surface area (Å²) in [6.45, 7) is 6.08. The van der Waals surface area contributed by atoms with Crippen LogP contribution in [0, 0.1) is 12.8 Å². The fraction of sp³-hybridized carbons (Fsp3) is 0.600. The van der Waals surface area contributed by atoms with Crippen molar-refractivity contribution in [2.24, 2.45) is 11.7 Å². The first kappa shape index (κ1) is 15.8. The molecular weight excluding hydrogens is 242 g/mol. The quantitative estimate of drug-likeness (QED) is 0.794. The first-order valence-corrected chi connectivity index (χ1v) is 6.65. The van der Waals surface area contributed by atoms with Crippen LogP contribution in [0.15, 0.2) is 18.2 Å². The maximum atomic E-state index is 9.44. The third-order valence-electron chi connectivity index (χ3n) is 3.00. The zero-order chi connectivity index (χ0) is 14.4. The lowest BCUT2D eigenvalue weighted by Crippen LogP contribution is -2.42. The molecule has 0 aromatic heterocycles. The Morgan fingerprint density at radius 3 is 2.47 bits per heavy atom. The van der Waals surface area contributed by atoms with E-state index in [2.05, 4.69) is 13.8 Å². The second kappa shape index (κ2) is 7.36. The monoisotopic (exact) mass is 267 g/mol. The van der Waals surface area contributed by atoms with Crippen LogP contribution in [0.4, 0.5) is 0 Å². The van der Waals surface area contributed by atoms with Gasteiger partial charge in [0.25, 0.3) is 0 Å². The molecular formula is C15H25NO3. The second-order valence-corrected chi connectivity index (χ2v) is 5.29. The van der Waals surface area contributed by atoms with Crippen LogP contribution in [0.1, 0.15) is 25.8 Å². The standard InChI is InChI=1S/C15H25NO3/c1-10(2)7-12(16)15(9-17)19-13-6-5-11(3)8-14(13)18-4/h5-6,8,10,12,15,17H,7,9,16H2,1-4H3. The van der Waals surface area contributed by atoms with Gasteiger partial charge < -0.3 is 20.3 Å². The van der Waals surface area contributed by atoms with E-state index in [1.807, 2.05) is 25.1 Å². The van der Waals surface area contributed by atoms with Crippen molar-refractivity contribution in [3.05, 3.63) is 23.8 Å². The Labute approximate surface area is 115 Å². The van der Waals surface area contributed by atoms with Crippen LogP contribution in [-0.4, -0.2) is 31.0 Å². The Bertz CT molecular complexity index is 393. The Hall–Kier alpha value is -1.26. The molecule has 0 radical (unpaired) electrons. The van der Waals surface area contributed by atoms with Crippen LogP contribution in [-0.2, 0) is 0 Å². The average molecular weight is 267 g/mol. The average Bonchev–Trinajstić information content (AvgIpc) is 2.36. The molecule has 3 N–H and O–H groups in total. The van der Waals surface area contributed by atoms with Crippen molar-refractivity contribution >= 4 is 0 Å². The molecule has 19 heavy (non-hydrogen) atoms. The smallest absolute Gasteiger partial charge is 0.161 e. The summed E-state index contributed by atoms with van der Waals surface area (Å²) >= 11 is 0. The van der Waals surface area contributed by atoms with E-state index < -0.39 is 6.10 Å². The molecule has 0 saturated carbocycles. The third-order valence-corrected chi connectivity index (χ3v) is 3.00. The molecule has 1 aromatic rings. The summed E-state index contributed by atoms with van der Waals surface area (Å²) in [7, 11) is 1.60. The third kappa shape index (κ3) is 4.73. The van der Waals surface area contributed by atoms with Crippen LogP contribution in [0.25, 0.3) is 0 Å². The molecule has 4 nitrogen and oxygen atoms in total. The minimum absolute atomic E-state index is 0.106. The van der Waals surface area contributed by atoms with E-state index in [4.69, 9.17) is 15.2 Å². The van der Waals surface area contributed by atoms with E-state index in [0.717, 1.165) is 12.0 Å². The van der Waals surface area contributed by atoms with Crippen LogP contribution in [0.2, 0.25) is 0 Å². The van der Waals surface area contributed by atoms with Crippen LogP contribution >= 0.6 is 0 Å². The fourth-order valence-corrected chi connectivity index (χ4v) is 1.99. The number of aliphatic hydroxyl groups is 1. The molecule has 0 fully saturated rings. The molecule has 0 saturated heterocycles. The number of aliphatic hydroxyl groups excluding tert-OH is 1. The summed E-state index contributed by atoms with van der Waals surface area (Å²) in [5, 5.41) is 9.44. The number of ether oxygens (including phenoxy) is 2. The van der Waals surface area contributed by atoms with Crippen molar-refractivity contribution in [2.75, 3.05) is 13.7 Å². The topological polar surface area (TPSA) is 64.7 Å². The van der Waals surface area contributed by atoms with E-state index in [-0.39, 0.29) is 12.6 Å². The van der Waals surface area contributed by atoms with E-state index in [0.29, 0.717) is 17.4 Å². The largest absolute Gasteiger partial charge is 0.493 e. The van der Waals surface area contributed by atoms with Crippen molar-refractivity contribution in [1.29, 1.82) is 0 Å². The summed E-state index contributed by atoms with van der Waals surface area (Å²) in [5.41, 5.74) is 7.17. The summed E-state index contributed by atoms with van der Waals surface area (Å²) in [5.74, 6) is 1.74. The second-order valence-electron chi connectivity index (χ2n) is 5.29. The maximum Gasteiger partial charge on any atom is 0.161 e. The van der Waals surface area contributed by atoms with Crippen LogP contribution < -0.4 is 15.2 Å². The molecule has 0 amide bonds. The van der Waals surface area contributed by atoms with Crippen molar-refractivity contribution in [3.63, 3.8) is 0 Å².